The molecule has 0 aliphatic carbocycles. The summed E-state index contributed by atoms with van der Waals surface area (Å²) in [6.45, 7) is 2.94. The maximum atomic E-state index is 13.4. The lowest BCUT2D eigenvalue weighted by Gasteiger charge is -2.28. The van der Waals surface area contributed by atoms with Crippen LogP contribution in [0.2, 0.25) is 0 Å². The molecule has 0 spiro atoms. The van der Waals surface area contributed by atoms with E-state index in [4.69, 9.17) is 4.74 Å². The van der Waals surface area contributed by atoms with E-state index in [0.717, 1.165) is 48.3 Å². The van der Waals surface area contributed by atoms with Crippen molar-refractivity contribution in [1.82, 2.24) is 14.9 Å². The maximum Gasteiger partial charge on any atom is 0.323 e. The van der Waals surface area contributed by atoms with Crippen molar-refractivity contribution in [1.29, 1.82) is 0 Å². The number of anilines is 4. The standard InChI is InChI=1S/C28H29FN6O2/c1-35-12-10-19(11-13-35)17-37-24-8-9-25-26(16-24)30-18-31-27(25)32-22-6-3-7-23(15-22)34-28(36)33-21-5-2-4-20(29)14-21/h2-9,14-16,18-19H,10-13,17H2,1H3,(H,30,31,32)(H2,33,34,36). The Morgan fingerprint density at radius 1 is 0.973 bits per heavy atom. The Balaban J connectivity index is 1.23. The molecule has 37 heavy (non-hydrogen) atoms. The summed E-state index contributed by atoms with van der Waals surface area (Å²) < 4.78 is 19.4. The highest BCUT2D eigenvalue weighted by molar-refractivity contribution is 6.00. The molecule has 9 heteroatoms. The van der Waals surface area contributed by atoms with Crippen molar-refractivity contribution in [2.24, 2.45) is 5.92 Å². The number of nitrogens with one attached hydrogen (secondary N) is 3. The minimum absolute atomic E-state index is 0.369. The van der Waals surface area contributed by atoms with Gasteiger partial charge in [0, 0.05) is 28.5 Å². The molecule has 1 aliphatic rings. The third-order valence-electron chi connectivity index (χ3n) is 6.40. The number of urea groups is 1. The molecular weight excluding hydrogens is 471 g/mol. The van der Waals surface area contributed by atoms with Gasteiger partial charge in [-0.1, -0.05) is 12.1 Å². The normalized spacial score (nSPS) is 14.3. The summed E-state index contributed by atoms with van der Waals surface area (Å²) in [6, 6.07) is 18.3. The second-order valence-corrected chi connectivity index (χ2v) is 9.25. The number of carbonyl (C=O) groups excluding carboxylic acids is 1. The minimum Gasteiger partial charge on any atom is -0.493 e. The topological polar surface area (TPSA) is 91.4 Å². The quantitative estimate of drug-likeness (QED) is 0.294. The zero-order valence-electron chi connectivity index (χ0n) is 20.6. The highest BCUT2D eigenvalue weighted by Crippen LogP contribution is 2.28. The predicted molar refractivity (Wildman–Crippen MR) is 144 cm³/mol. The molecule has 3 aromatic carbocycles. The molecule has 0 atom stereocenters. The SMILES string of the molecule is CN1CCC(COc2ccc3c(Nc4cccc(NC(=O)Nc5cccc(F)c5)c4)ncnc3c2)CC1. The van der Waals surface area contributed by atoms with Gasteiger partial charge in [-0.25, -0.2) is 19.2 Å². The third-order valence-corrected chi connectivity index (χ3v) is 6.40. The molecule has 4 aromatic rings. The Morgan fingerprint density at radius 3 is 2.49 bits per heavy atom. The smallest absolute Gasteiger partial charge is 0.323 e. The molecular formula is C28H29FN6O2. The van der Waals surface area contributed by atoms with Crippen molar-refractivity contribution in [2.45, 2.75) is 12.8 Å². The van der Waals surface area contributed by atoms with E-state index in [2.05, 4.69) is 37.9 Å². The first-order valence-electron chi connectivity index (χ1n) is 12.3. The van der Waals surface area contributed by atoms with Gasteiger partial charge in [0.15, 0.2) is 0 Å². The third kappa shape index (κ3) is 6.50. The molecule has 2 amide bonds. The number of halogens is 1. The van der Waals surface area contributed by atoms with Gasteiger partial charge in [0.1, 0.15) is 23.7 Å². The number of amides is 2. The van der Waals surface area contributed by atoms with Crippen molar-refractivity contribution in [3.63, 3.8) is 0 Å². The van der Waals surface area contributed by atoms with Crippen LogP contribution in [-0.2, 0) is 0 Å². The summed E-state index contributed by atoms with van der Waals surface area (Å²) in [6.07, 6.45) is 3.82. The summed E-state index contributed by atoms with van der Waals surface area (Å²) in [5.74, 6) is 1.60. The Bertz CT molecular complexity index is 1390. The molecule has 5 rings (SSSR count). The van der Waals surface area contributed by atoms with Gasteiger partial charge in [-0.3, -0.25) is 0 Å². The lowest BCUT2D eigenvalue weighted by Crippen LogP contribution is -2.32. The number of benzene rings is 3. The number of hydrogen-bond donors (Lipinski definition) is 3. The van der Waals surface area contributed by atoms with Crippen molar-refractivity contribution < 1.29 is 13.9 Å². The molecule has 8 nitrogen and oxygen atoms in total. The minimum atomic E-state index is -0.469. The van der Waals surface area contributed by atoms with E-state index in [0.29, 0.717) is 29.7 Å². The molecule has 1 fully saturated rings. The Hall–Kier alpha value is -4.24. The molecule has 1 aliphatic heterocycles. The molecule has 3 N–H and O–H groups in total. The second-order valence-electron chi connectivity index (χ2n) is 9.25. The summed E-state index contributed by atoms with van der Waals surface area (Å²) in [5.41, 5.74) is 2.46. The first kappa shape index (κ1) is 24.5. The van der Waals surface area contributed by atoms with Gasteiger partial charge in [0.2, 0.25) is 0 Å². The van der Waals surface area contributed by atoms with E-state index in [1.807, 2.05) is 30.3 Å². The zero-order valence-corrected chi connectivity index (χ0v) is 20.6. The van der Waals surface area contributed by atoms with Crippen LogP contribution in [0.25, 0.3) is 10.9 Å². The molecule has 0 bridgehead atoms. The van der Waals surface area contributed by atoms with Crippen LogP contribution in [0, 0.1) is 11.7 Å². The molecule has 0 saturated carbocycles. The van der Waals surface area contributed by atoms with E-state index in [1.54, 1.807) is 18.2 Å². The van der Waals surface area contributed by atoms with Gasteiger partial charge in [0.05, 0.1) is 12.1 Å². The average molecular weight is 501 g/mol. The molecule has 2 heterocycles. The maximum absolute atomic E-state index is 13.4. The number of rotatable bonds is 7. The van der Waals surface area contributed by atoms with Gasteiger partial charge in [-0.15, -0.1) is 0 Å². The van der Waals surface area contributed by atoms with E-state index in [-0.39, 0.29) is 0 Å². The molecule has 1 aromatic heterocycles. The lowest BCUT2D eigenvalue weighted by atomic mass is 9.98. The highest BCUT2D eigenvalue weighted by Gasteiger charge is 2.17. The van der Waals surface area contributed by atoms with Crippen LogP contribution in [0.3, 0.4) is 0 Å². The number of ether oxygens (including phenoxy) is 1. The van der Waals surface area contributed by atoms with E-state index >= 15 is 0 Å². The van der Waals surface area contributed by atoms with Gasteiger partial charge in [-0.2, -0.15) is 0 Å². The first-order chi connectivity index (χ1) is 18.0. The monoisotopic (exact) mass is 500 g/mol. The number of carbonyl (C=O) groups is 1. The number of piperidine rings is 1. The van der Waals surface area contributed by atoms with Gasteiger partial charge >= 0.3 is 6.03 Å². The Labute approximate surface area is 214 Å². The van der Waals surface area contributed by atoms with Crippen molar-refractivity contribution in [3.05, 3.63) is 78.9 Å². The second kappa shape index (κ2) is 11.2. The van der Waals surface area contributed by atoms with Crippen LogP contribution >= 0.6 is 0 Å². The fraction of sp³-hybridized carbons (Fsp3) is 0.250. The molecule has 0 unspecified atom stereocenters. The predicted octanol–water partition coefficient (Wildman–Crippen LogP) is 5.88. The van der Waals surface area contributed by atoms with E-state index < -0.39 is 11.8 Å². The number of nitrogens with zero attached hydrogens (tertiary/aromatic N) is 3. The zero-order chi connectivity index (χ0) is 25.6. The van der Waals surface area contributed by atoms with E-state index in [9.17, 15) is 9.18 Å². The number of likely N-dealkylation sites (tertiary alicyclic amines) is 1. The first-order valence-corrected chi connectivity index (χ1v) is 12.3. The van der Waals surface area contributed by atoms with Crippen molar-refractivity contribution in [3.8, 4) is 5.75 Å². The van der Waals surface area contributed by atoms with Crippen molar-refractivity contribution >= 4 is 39.8 Å². The van der Waals surface area contributed by atoms with Crippen LogP contribution in [-0.4, -0.2) is 47.6 Å². The fourth-order valence-corrected chi connectivity index (χ4v) is 4.34. The van der Waals surface area contributed by atoms with Crippen LogP contribution in [0.1, 0.15) is 12.8 Å². The summed E-state index contributed by atoms with van der Waals surface area (Å²) in [5, 5.41) is 9.54. The Kier molecular flexibility index (Phi) is 7.41. The van der Waals surface area contributed by atoms with Crippen LogP contribution < -0.4 is 20.7 Å². The van der Waals surface area contributed by atoms with Crippen molar-refractivity contribution in [2.75, 3.05) is 42.7 Å². The fourth-order valence-electron chi connectivity index (χ4n) is 4.34. The highest BCUT2D eigenvalue weighted by atomic mass is 19.1. The summed E-state index contributed by atoms with van der Waals surface area (Å²) >= 11 is 0. The van der Waals surface area contributed by atoms with Crippen LogP contribution in [0.4, 0.5) is 32.1 Å². The summed E-state index contributed by atoms with van der Waals surface area (Å²) in [7, 11) is 2.16. The lowest BCUT2D eigenvalue weighted by molar-refractivity contribution is 0.160. The van der Waals surface area contributed by atoms with Gasteiger partial charge < -0.3 is 25.6 Å². The number of fused-ring (bicyclic) bond motifs is 1. The largest absolute Gasteiger partial charge is 0.493 e. The molecule has 190 valence electrons. The Morgan fingerprint density at radius 2 is 1.70 bits per heavy atom. The van der Waals surface area contributed by atoms with Gasteiger partial charge in [0.25, 0.3) is 0 Å². The van der Waals surface area contributed by atoms with Crippen LogP contribution in [0.5, 0.6) is 5.75 Å². The molecule has 0 radical (unpaired) electrons. The summed E-state index contributed by atoms with van der Waals surface area (Å²) in [4.78, 5) is 23.5. The van der Waals surface area contributed by atoms with Gasteiger partial charge in [-0.05, 0) is 87.4 Å². The average Bonchev–Trinajstić information content (AvgIpc) is 2.88. The number of aromatic nitrogens is 2. The van der Waals surface area contributed by atoms with Crippen LogP contribution in [0.15, 0.2) is 73.1 Å². The van der Waals surface area contributed by atoms with E-state index in [1.165, 1.54) is 24.5 Å². The number of hydrogen-bond acceptors (Lipinski definition) is 6. The molecule has 1 saturated heterocycles.